The Hall–Kier alpha value is -1.17. The van der Waals surface area contributed by atoms with Gasteiger partial charge in [0.15, 0.2) is 0 Å². The lowest BCUT2D eigenvalue weighted by Gasteiger charge is -2.36. The van der Waals surface area contributed by atoms with E-state index in [0.717, 1.165) is 4.90 Å². The summed E-state index contributed by atoms with van der Waals surface area (Å²) in [6.07, 6.45) is 0. The molecule has 3 rings (SSSR count). The first-order chi connectivity index (χ1) is 11.4. The summed E-state index contributed by atoms with van der Waals surface area (Å²) in [7, 11) is -4.18. The number of anilines is 1. The molecule has 0 unspecified atom stereocenters. The number of amides is 1. The maximum atomic E-state index is 13.6. The molecular formula is C15H14Cl2NO5P. The molecule has 1 atom stereocenters. The fraction of sp³-hybridized carbons (Fsp3) is 0.333. The Morgan fingerprint density at radius 2 is 1.71 bits per heavy atom. The first-order valence-corrected chi connectivity index (χ1v) is 9.60. The third-order valence-corrected chi connectivity index (χ3v) is 7.57. The van der Waals surface area contributed by atoms with Gasteiger partial charge >= 0.3 is 7.60 Å². The third-order valence-electron chi connectivity index (χ3n) is 3.91. The number of halogens is 2. The van der Waals surface area contributed by atoms with Crippen molar-refractivity contribution in [2.75, 3.05) is 18.1 Å². The Morgan fingerprint density at radius 1 is 1.12 bits per heavy atom. The molecule has 0 fully saturated rings. The van der Waals surface area contributed by atoms with Crippen molar-refractivity contribution in [3.05, 3.63) is 39.9 Å². The molecular weight excluding hydrogens is 376 g/mol. The van der Waals surface area contributed by atoms with E-state index in [-0.39, 0.29) is 34.5 Å². The zero-order valence-electron chi connectivity index (χ0n) is 12.9. The molecule has 1 aromatic rings. The highest BCUT2D eigenvalue weighted by Gasteiger charge is 2.72. The van der Waals surface area contributed by atoms with Crippen LogP contribution in [0, 0.1) is 0 Å². The van der Waals surface area contributed by atoms with Crippen LogP contribution in [-0.2, 0) is 18.4 Å². The number of nitrogens with zero attached hydrogens (tertiary/aromatic N) is 1. The van der Waals surface area contributed by atoms with Crippen LogP contribution >= 0.6 is 30.8 Å². The second kappa shape index (κ2) is 5.97. The van der Waals surface area contributed by atoms with Gasteiger partial charge in [-0.25, -0.2) is 0 Å². The second-order valence-electron chi connectivity index (χ2n) is 5.12. The molecule has 24 heavy (non-hydrogen) atoms. The molecule has 0 spiro atoms. The number of rotatable bonds is 5. The normalized spacial score (nSPS) is 23.1. The summed E-state index contributed by atoms with van der Waals surface area (Å²) in [6, 6.07) is 6.39. The van der Waals surface area contributed by atoms with Gasteiger partial charge in [-0.1, -0.05) is 35.3 Å². The summed E-state index contributed by atoms with van der Waals surface area (Å²) in [5.74, 6) is -1.34. The number of carbonyl (C=O) groups excluding carboxylic acids is 2. The summed E-state index contributed by atoms with van der Waals surface area (Å²) < 4.78 is 24.3. The van der Waals surface area contributed by atoms with E-state index < -0.39 is 24.6 Å². The fourth-order valence-electron chi connectivity index (χ4n) is 3.05. The average Bonchev–Trinajstić information content (AvgIpc) is 2.94. The van der Waals surface area contributed by atoms with Crippen LogP contribution in [0.5, 0.6) is 0 Å². The lowest BCUT2D eigenvalue weighted by Crippen LogP contribution is -2.49. The van der Waals surface area contributed by atoms with Gasteiger partial charge in [0, 0.05) is 5.56 Å². The van der Waals surface area contributed by atoms with Crippen LogP contribution in [0.3, 0.4) is 0 Å². The number of Topliss-reactive ketones (excluding diaryl/α,β-unsaturated/α-hetero) is 1. The van der Waals surface area contributed by atoms with Gasteiger partial charge in [-0.2, -0.15) is 0 Å². The molecule has 6 nitrogen and oxygen atoms in total. The highest BCUT2D eigenvalue weighted by atomic mass is 35.5. The number of hydrogen-bond acceptors (Lipinski definition) is 5. The van der Waals surface area contributed by atoms with E-state index in [0.29, 0.717) is 0 Å². The Labute approximate surface area is 148 Å². The quantitative estimate of drug-likeness (QED) is 0.714. The maximum Gasteiger partial charge on any atom is 0.370 e. The molecule has 0 saturated carbocycles. The molecule has 0 aliphatic carbocycles. The third kappa shape index (κ3) is 1.95. The highest BCUT2D eigenvalue weighted by Crippen LogP contribution is 2.71. The summed E-state index contributed by atoms with van der Waals surface area (Å²) in [5.41, 5.74) is 0.494. The predicted octanol–water partition coefficient (Wildman–Crippen LogP) is 3.88. The highest BCUT2D eigenvalue weighted by molar-refractivity contribution is 7.58. The lowest BCUT2D eigenvalue weighted by molar-refractivity contribution is -0.114. The number of fused-ring (bicyclic) bond motifs is 3. The minimum absolute atomic E-state index is 0.00642. The predicted molar refractivity (Wildman–Crippen MR) is 90.6 cm³/mol. The summed E-state index contributed by atoms with van der Waals surface area (Å²) in [4.78, 5) is 26.9. The molecule has 1 aromatic carbocycles. The van der Waals surface area contributed by atoms with Crippen molar-refractivity contribution >= 4 is 48.2 Å². The summed E-state index contributed by atoms with van der Waals surface area (Å²) >= 11 is 12.3. The van der Waals surface area contributed by atoms with Crippen molar-refractivity contribution < 1.29 is 23.2 Å². The van der Waals surface area contributed by atoms with Crippen molar-refractivity contribution in [2.45, 2.75) is 19.1 Å². The Kier molecular flexibility index (Phi) is 4.39. The average molecular weight is 390 g/mol. The van der Waals surface area contributed by atoms with Gasteiger partial charge in [0.2, 0.25) is 5.78 Å². The van der Waals surface area contributed by atoms with Gasteiger partial charge in [0.05, 0.1) is 23.9 Å². The SMILES string of the molecule is CCOP(=O)(OCC)[C@]12C(=O)c3ccccc3N1C(=O)C(Cl)=C2Cl. The lowest BCUT2D eigenvalue weighted by atomic mass is 10.1. The smallest absolute Gasteiger partial charge is 0.307 e. The van der Waals surface area contributed by atoms with Crippen LogP contribution in [0.4, 0.5) is 5.69 Å². The molecule has 0 saturated heterocycles. The number of hydrogen-bond donors (Lipinski definition) is 0. The first-order valence-electron chi connectivity index (χ1n) is 7.30. The minimum Gasteiger partial charge on any atom is -0.307 e. The van der Waals surface area contributed by atoms with Gasteiger partial charge in [-0.15, -0.1) is 0 Å². The molecule has 0 aromatic heterocycles. The van der Waals surface area contributed by atoms with Crippen LogP contribution in [-0.4, -0.2) is 30.2 Å². The number of ketones is 1. The summed E-state index contributed by atoms with van der Waals surface area (Å²) in [5, 5.41) is -2.79. The van der Waals surface area contributed by atoms with Crippen molar-refractivity contribution in [2.24, 2.45) is 0 Å². The zero-order valence-corrected chi connectivity index (χ0v) is 15.3. The van der Waals surface area contributed by atoms with E-state index in [2.05, 4.69) is 0 Å². The van der Waals surface area contributed by atoms with E-state index in [9.17, 15) is 14.2 Å². The first kappa shape index (κ1) is 17.6. The molecule has 1 amide bonds. The Bertz CT molecular complexity index is 814. The maximum absolute atomic E-state index is 13.6. The van der Waals surface area contributed by atoms with E-state index in [1.807, 2.05) is 0 Å². The monoisotopic (exact) mass is 389 g/mol. The van der Waals surface area contributed by atoms with Crippen LogP contribution < -0.4 is 4.90 Å². The molecule has 0 bridgehead atoms. The fourth-order valence-corrected chi connectivity index (χ4v) is 6.20. The van der Waals surface area contributed by atoms with Crippen molar-refractivity contribution in [3.8, 4) is 0 Å². The van der Waals surface area contributed by atoms with Crippen molar-refractivity contribution in [1.82, 2.24) is 0 Å². The number of carbonyl (C=O) groups is 2. The molecule has 2 heterocycles. The van der Waals surface area contributed by atoms with Gasteiger partial charge in [0.1, 0.15) is 5.03 Å². The Morgan fingerprint density at radius 3 is 2.29 bits per heavy atom. The van der Waals surface area contributed by atoms with E-state index in [1.165, 1.54) is 6.07 Å². The molecule has 9 heteroatoms. The molecule has 128 valence electrons. The standard InChI is InChI=1S/C15H14Cl2NO5P/c1-3-22-24(21,23-4-2)15-12(17)11(16)14(20)18(15)10-8-6-5-7-9(10)13(15)19/h5-8H,3-4H2,1-2H3/t15-/m1/s1. The van der Waals surface area contributed by atoms with Gasteiger partial charge in [-0.05, 0) is 26.0 Å². The zero-order chi connectivity index (χ0) is 17.7. The van der Waals surface area contributed by atoms with Crippen molar-refractivity contribution in [1.29, 1.82) is 0 Å². The largest absolute Gasteiger partial charge is 0.370 e. The number of para-hydroxylation sites is 1. The summed E-state index contributed by atoms with van der Waals surface area (Å²) in [6.45, 7) is 3.23. The Balaban J connectivity index is 2.36. The van der Waals surface area contributed by atoms with E-state index in [4.69, 9.17) is 32.2 Å². The van der Waals surface area contributed by atoms with Crippen LogP contribution in [0.2, 0.25) is 0 Å². The van der Waals surface area contributed by atoms with Gasteiger partial charge in [-0.3, -0.25) is 19.1 Å². The molecule has 2 aliphatic rings. The van der Waals surface area contributed by atoms with Gasteiger partial charge < -0.3 is 9.05 Å². The van der Waals surface area contributed by atoms with E-state index >= 15 is 0 Å². The molecule has 0 radical (unpaired) electrons. The van der Waals surface area contributed by atoms with Crippen LogP contribution in [0.25, 0.3) is 0 Å². The molecule has 0 N–H and O–H groups in total. The van der Waals surface area contributed by atoms with E-state index in [1.54, 1.807) is 32.0 Å². The van der Waals surface area contributed by atoms with Gasteiger partial charge in [0.25, 0.3) is 11.2 Å². The van der Waals surface area contributed by atoms with Crippen LogP contribution in [0.1, 0.15) is 24.2 Å². The minimum atomic E-state index is -4.18. The van der Waals surface area contributed by atoms with Crippen molar-refractivity contribution in [3.63, 3.8) is 0 Å². The second-order valence-corrected chi connectivity index (χ2v) is 8.03. The molecule has 2 aliphatic heterocycles. The topological polar surface area (TPSA) is 72.9 Å². The van der Waals surface area contributed by atoms with Crippen LogP contribution in [0.15, 0.2) is 34.3 Å². The number of benzene rings is 1.